The van der Waals surface area contributed by atoms with Crippen LogP contribution in [-0.2, 0) is 4.74 Å². The molecule has 0 atom stereocenters. The van der Waals surface area contributed by atoms with Crippen LogP contribution in [-0.4, -0.2) is 36.3 Å². The first-order valence-corrected chi connectivity index (χ1v) is 6.11. The van der Waals surface area contributed by atoms with Gasteiger partial charge in [-0.2, -0.15) is 0 Å². The zero-order chi connectivity index (χ0) is 13.0. The van der Waals surface area contributed by atoms with Crippen molar-refractivity contribution in [1.82, 2.24) is 9.97 Å². The highest BCUT2D eigenvalue weighted by atomic mass is 35.5. The summed E-state index contributed by atoms with van der Waals surface area (Å²) in [6.45, 7) is 9.45. The highest BCUT2D eigenvalue weighted by Gasteiger charge is 2.17. The summed E-state index contributed by atoms with van der Waals surface area (Å²) < 4.78 is 5.10. The molecule has 0 fully saturated rings. The smallest absolute Gasteiger partial charge is 0.171 e. The predicted octanol–water partition coefficient (Wildman–Crippen LogP) is 2.61. The first-order chi connectivity index (χ1) is 7.97. The minimum Gasteiger partial charge on any atom is -0.383 e. The molecule has 0 saturated heterocycles. The lowest BCUT2D eigenvalue weighted by Gasteiger charge is -2.28. The van der Waals surface area contributed by atoms with Gasteiger partial charge < -0.3 is 9.64 Å². The zero-order valence-electron chi connectivity index (χ0n) is 11.1. The first-order valence-electron chi connectivity index (χ1n) is 5.73. The number of hydrogen-bond donors (Lipinski definition) is 0. The van der Waals surface area contributed by atoms with Crippen LogP contribution >= 0.6 is 11.6 Å². The standard InChI is InChI=1S/C12H20ClN3O/c1-8(2)16(6-7-17-5)12-11(13)14-9(3)10(4)15-12/h8H,6-7H2,1-5H3. The van der Waals surface area contributed by atoms with Crippen LogP contribution in [0.5, 0.6) is 0 Å². The molecule has 1 aromatic rings. The van der Waals surface area contributed by atoms with Gasteiger partial charge in [-0.25, -0.2) is 9.97 Å². The van der Waals surface area contributed by atoms with E-state index in [0.29, 0.717) is 17.8 Å². The van der Waals surface area contributed by atoms with E-state index in [1.165, 1.54) is 0 Å². The fraction of sp³-hybridized carbons (Fsp3) is 0.667. The number of aryl methyl sites for hydroxylation is 2. The monoisotopic (exact) mass is 257 g/mol. The second-order valence-corrected chi connectivity index (χ2v) is 4.65. The van der Waals surface area contributed by atoms with E-state index < -0.39 is 0 Å². The van der Waals surface area contributed by atoms with Gasteiger partial charge in [-0.05, 0) is 27.7 Å². The second-order valence-electron chi connectivity index (χ2n) is 4.29. The Kier molecular flexibility index (Phi) is 5.15. The Balaban J connectivity index is 3.05. The molecule has 5 heteroatoms. The Morgan fingerprint density at radius 1 is 1.24 bits per heavy atom. The Hall–Kier alpha value is -0.870. The lowest BCUT2D eigenvalue weighted by molar-refractivity contribution is 0.203. The van der Waals surface area contributed by atoms with Crippen molar-refractivity contribution < 1.29 is 4.74 Å². The van der Waals surface area contributed by atoms with E-state index >= 15 is 0 Å². The largest absolute Gasteiger partial charge is 0.383 e. The number of rotatable bonds is 5. The third-order valence-corrected chi connectivity index (χ3v) is 2.93. The van der Waals surface area contributed by atoms with Crippen LogP contribution in [0.2, 0.25) is 5.15 Å². The fourth-order valence-electron chi connectivity index (χ4n) is 1.55. The Morgan fingerprint density at radius 3 is 2.35 bits per heavy atom. The molecule has 96 valence electrons. The van der Waals surface area contributed by atoms with Crippen molar-refractivity contribution in [2.45, 2.75) is 33.7 Å². The SMILES string of the molecule is COCCN(c1nc(C)c(C)nc1Cl)C(C)C. The van der Waals surface area contributed by atoms with Gasteiger partial charge in [-0.1, -0.05) is 11.6 Å². The van der Waals surface area contributed by atoms with Crippen molar-refractivity contribution in [2.75, 3.05) is 25.2 Å². The van der Waals surface area contributed by atoms with Crippen molar-refractivity contribution >= 4 is 17.4 Å². The first kappa shape index (κ1) is 14.2. The van der Waals surface area contributed by atoms with Crippen LogP contribution < -0.4 is 4.90 Å². The van der Waals surface area contributed by atoms with E-state index in [9.17, 15) is 0 Å². The number of aromatic nitrogens is 2. The van der Waals surface area contributed by atoms with Gasteiger partial charge in [0, 0.05) is 19.7 Å². The zero-order valence-corrected chi connectivity index (χ0v) is 11.9. The van der Waals surface area contributed by atoms with Crippen molar-refractivity contribution in [2.24, 2.45) is 0 Å². The van der Waals surface area contributed by atoms with Crippen molar-refractivity contribution in [1.29, 1.82) is 0 Å². The summed E-state index contributed by atoms with van der Waals surface area (Å²) in [5, 5.41) is 0.456. The molecule has 0 spiro atoms. The molecular weight excluding hydrogens is 238 g/mol. The number of ether oxygens (including phenoxy) is 1. The minimum atomic E-state index is 0.305. The third-order valence-electron chi connectivity index (χ3n) is 2.68. The molecule has 0 bridgehead atoms. The van der Waals surface area contributed by atoms with Crippen LogP contribution in [0.3, 0.4) is 0 Å². The number of methoxy groups -OCH3 is 1. The van der Waals surface area contributed by atoms with E-state index in [0.717, 1.165) is 23.8 Å². The molecule has 1 heterocycles. The molecule has 0 aliphatic heterocycles. The maximum Gasteiger partial charge on any atom is 0.171 e. The molecule has 1 aromatic heterocycles. The van der Waals surface area contributed by atoms with E-state index in [-0.39, 0.29) is 0 Å². The summed E-state index contributed by atoms with van der Waals surface area (Å²) >= 11 is 6.16. The van der Waals surface area contributed by atoms with E-state index in [4.69, 9.17) is 16.3 Å². The maximum absolute atomic E-state index is 6.16. The van der Waals surface area contributed by atoms with E-state index in [1.54, 1.807) is 7.11 Å². The predicted molar refractivity (Wildman–Crippen MR) is 70.9 cm³/mol. The van der Waals surface area contributed by atoms with Crippen molar-refractivity contribution in [3.05, 3.63) is 16.5 Å². The molecule has 0 aliphatic carbocycles. The summed E-state index contributed by atoms with van der Waals surface area (Å²) in [5.74, 6) is 0.738. The highest BCUT2D eigenvalue weighted by molar-refractivity contribution is 6.31. The Labute approximate surface area is 108 Å². The van der Waals surface area contributed by atoms with Crippen molar-refractivity contribution in [3.63, 3.8) is 0 Å². The average molecular weight is 258 g/mol. The quantitative estimate of drug-likeness (QED) is 0.813. The summed E-state index contributed by atoms with van der Waals surface area (Å²) in [7, 11) is 1.69. The molecule has 4 nitrogen and oxygen atoms in total. The Bertz CT molecular complexity index is 382. The third kappa shape index (κ3) is 3.54. The highest BCUT2D eigenvalue weighted by Crippen LogP contribution is 2.24. The molecule has 17 heavy (non-hydrogen) atoms. The lowest BCUT2D eigenvalue weighted by atomic mass is 10.3. The number of anilines is 1. The molecule has 0 aliphatic rings. The summed E-state index contributed by atoms with van der Waals surface area (Å²) in [6.07, 6.45) is 0. The average Bonchev–Trinajstić information content (AvgIpc) is 2.25. The van der Waals surface area contributed by atoms with E-state index in [2.05, 4.69) is 28.7 Å². The normalized spacial score (nSPS) is 11.0. The van der Waals surface area contributed by atoms with Gasteiger partial charge in [0.25, 0.3) is 0 Å². The van der Waals surface area contributed by atoms with Crippen LogP contribution in [0.15, 0.2) is 0 Å². The minimum absolute atomic E-state index is 0.305. The van der Waals surface area contributed by atoms with Crippen LogP contribution in [0.25, 0.3) is 0 Å². The lowest BCUT2D eigenvalue weighted by Crippen LogP contribution is -2.35. The van der Waals surface area contributed by atoms with E-state index in [1.807, 2.05) is 13.8 Å². The van der Waals surface area contributed by atoms with Gasteiger partial charge >= 0.3 is 0 Å². The van der Waals surface area contributed by atoms with Crippen LogP contribution in [0, 0.1) is 13.8 Å². The van der Waals surface area contributed by atoms with Crippen molar-refractivity contribution in [3.8, 4) is 0 Å². The Morgan fingerprint density at radius 2 is 1.82 bits per heavy atom. The molecule has 0 aromatic carbocycles. The van der Waals surface area contributed by atoms with Gasteiger partial charge in [-0.15, -0.1) is 0 Å². The molecule has 0 unspecified atom stereocenters. The molecule has 0 amide bonds. The molecule has 0 radical (unpaired) electrons. The molecule has 1 rings (SSSR count). The maximum atomic E-state index is 6.16. The summed E-state index contributed by atoms with van der Waals surface area (Å²) in [6, 6.07) is 0.305. The second kappa shape index (κ2) is 6.17. The van der Waals surface area contributed by atoms with Gasteiger partial charge in [-0.3, -0.25) is 0 Å². The van der Waals surface area contributed by atoms with Gasteiger partial charge in [0.2, 0.25) is 0 Å². The topological polar surface area (TPSA) is 38.2 Å². The van der Waals surface area contributed by atoms with Gasteiger partial charge in [0.05, 0.1) is 18.0 Å². The molecule has 0 N–H and O–H groups in total. The fourth-order valence-corrected chi connectivity index (χ4v) is 1.82. The van der Waals surface area contributed by atoms with Gasteiger partial charge in [0.1, 0.15) is 0 Å². The van der Waals surface area contributed by atoms with Crippen LogP contribution in [0.1, 0.15) is 25.2 Å². The number of hydrogen-bond acceptors (Lipinski definition) is 4. The van der Waals surface area contributed by atoms with Gasteiger partial charge in [0.15, 0.2) is 11.0 Å². The summed E-state index contributed by atoms with van der Waals surface area (Å²) in [5.41, 5.74) is 1.78. The number of nitrogens with zero attached hydrogens (tertiary/aromatic N) is 3. The summed E-state index contributed by atoms with van der Waals surface area (Å²) in [4.78, 5) is 10.9. The van der Waals surface area contributed by atoms with Crippen LogP contribution in [0.4, 0.5) is 5.82 Å². The molecular formula is C12H20ClN3O. The number of halogens is 1. The molecule has 0 saturated carbocycles.